The van der Waals surface area contributed by atoms with Crippen LogP contribution in [0.3, 0.4) is 0 Å². The van der Waals surface area contributed by atoms with E-state index in [1.165, 1.54) is 5.56 Å². The summed E-state index contributed by atoms with van der Waals surface area (Å²) in [6, 6.07) is 22.2. The monoisotopic (exact) mass is 415 g/mol. The van der Waals surface area contributed by atoms with E-state index in [2.05, 4.69) is 17.4 Å². The Balaban J connectivity index is 1.60. The number of hydrogen-bond acceptors (Lipinski definition) is 3. The number of hydrogen-bond donors (Lipinski definition) is 1. The van der Waals surface area contributed by atoms with Crippen LogP contribution < -0.4 is 14.8 Å². The van der Waals surface area contributed by atoms with Gasteiger partial charge in [0, 0.05) is 12.0 Å². The largest absolute Gasteiger partial charge is 0.490 e. The van der Waals surface area contributed by atoms with Gasteiger partial charge >= 0.3 is 0 Å². The van der Waals surface area contributed by atoms with Gasteiger partial charge < -0.3 is 14.8 Å². The number of benzene rings is 3. The Labute approximate surface area is 184 Å². The molecule has 3 aromatic rings. The summed E-state index contributed by atoms with van der Waals surface area (Å²) in [6.45, 7) is 5.28. The Bertz CT molecular complexity index is 1050. The number of carbonyl (C=O) groups is 1. The summed E-state index contributed by atoms with van der Waals surface area (Å²) in [5.74, 6) is 1.47. The molecule has 1 amide bonds. The van der Waals surface area contributed by atoms with Crippen LogP contribution in [0.25, 0.3) is 0 Å². The van der Waals surface area contributed by atoms with Gasteiger partial charge in [-0.1, -0.05) is 54.1 Å². The highest BCUT2D eigenvalue weighted by Crippen LogP contribution is 2.33. The van der Waals surface area contributed by atoms with Crippen molar-refractivity contribution in [3.8, 4) is 11.5 Å². The lowest BCUT2D eigenvalue weighted by atomic mass is 9.97. The van der Waals surface area contributed by atoms with Crippen molar-refractivity contribution in [2.45, 2.75) is 39.2 Å². The lowest BCUT2D eigenvalue weighted by Crippen LogP contribution is -2.29. The molecular formula is C27H29NO3. The van der Waals surface area contributed by atoms with E-state index in [-0.39, 0.29) is 11.9 Å². The molecule has 0 bridgehead atoms. The number of rotatable bonds is 6. The van der Waals surface area contributed by atoms with Crippen LogP contribution in [0, 0.1) is 13.8 Å². The van der Waals surface area contributed by atoms with Crippen LogP contribution in [0.2, 0.25) is 0 Å². The summed E-state index contributed by atoms with van der Waals surface area (Å²) in [7, 11) is 0. The summed E-state index contributed by atoms with van der Waals surface area (Å²) in [5, 5.41) is 3.28. The van der Waals surface area contributed by atoms with Crippen molar-refractivity contribution in [1.29, 1.82) is 0 Å². The molecule has 1 heterocycles. The molecule has 160 valence electrons. The van der Waals surface area contributed by atoms with Crippen LogP contribution in [-0.4, -0.2) is 19.1 Å². The van der Waals surface area contributed by atoms with Crippen LogP contribution >= 0.6 is 0 Å². The average molecular weight is 416 g/mol. The van der Waals surface area contributed by atoms with Gasteiger partial charge in [0.1, 0.15) is 0 Å². The van der Waals surface area contributed by atoms with Crippen LogP contribution in [-0.2, 0) is 6.42 Å². The van der Waals surface area contributed by atoms with E-state index in [0.717, 1.165) is 53.0 Å². The summed E-state index contributed by atoms with van der Waals surface area (Å²) in [4.78, 5) is 13.2. The molecule has 4 nitrogen and oxygen atoms in total. The molecule has 1 N–H and O–H groups in total. The normalized spacial score (nSPS) is 13.9. The van der Waals surface area contributed by atoms with Gasteiger partial charge in [0.2, 0.25) is 0 Å². The van der Waals surface area contributed by atoms with E-state index in [0.29, 0.717) is 13.2 Å². The Morgan fingerprint density at radius 3 is 2.52 bits per heavy atom. The van der Waals surface area contributed by atoms with E-state index in [4.69, 9.17) is 9.47 Å². The fraction of sp³-hybridized carbons (Fsp3) is 0.296. The molecule has 1 unspecified atom stereocenters. The van der Waals surface area contributed by atoms with Crippen LogP contribution in [0.4, 0.5) is 0 Å². The highest BCUT2D eigenvalue weighted by molar-refractivity contribution is 5.96. The fourth-order valence-corrected chi connectivity index (χ4v) is 3.89. The maximum Gasteiger partial charge on any atom is 0.252 e. The van der Waals surface area contributed by atoms with Gasteiger partial charge in [0.25, 0.3) is 5.91 Å². The predicted molar refractivity (Wildman–Crippen MR) is 123 cm³/mol. The van der Waals surface area contributed by atoms with E-state index >= 15 is 0 Å². The van der Waals surface area contributed by atoms with Gasteiger partial charge in [-0.2, -0.15) is 0 Å². The smallest absolute Gasteiger partial charge is 0.252 e. The molecule has 0 aliphatic carbocycles. The lowest BCUT2D eigenvalue weighted by Gasteiger charge is -2.21. The minimum Gasteiger partial charge on any atom is -0.490 e. The molecule has 0 spiro atoms. The van der Waals surface area contributed by atoms with Crippen molar-refractivity contribution in [3.05, 3.63) is 94.5 Å². The van der Waals surface area contributed by atoms with E-state index < -0.39 is 0 Å². The van der Waals surface area contributed by atoms with Crippen LogP contribution in [0.15, 0.2) is 66.7 Å². The Hall–Kier alpha value is -3.27. The first-order valence-corrected chi connectivity index (χ1v) is 10.9. The zero-order valence-corrected chi connectivity index (χ0v) is 18.2. The van der Waals surface area contributed by atoms with Gasteiger partial charge in [0.05, 0.1) is 19.3 Å². The zero-order valence-electron chi connectivity index (χ0n) is 18.2. The molecular weight excluding hydrogens is 386 g/mol. The van der Waals surface area contributed by atoms with Crippen molar-refractivity contribution in [1.82, 2.24) is 5.32 Å². The molecule has 1 aliphatic rings. The topological polar surface area (TPSA) is 47.6 Å². The number of ether oxygens (including phenoxy) is 2. The SMILES string of the molecule is Cc1ccc(C)c(C(=O)NC(CCc2ccccc2)c2ccc3c(c2)OCCCO3)c1. The van der Waals surface area contributed by atoms with Gasteiger partial charge in [0.15, 0.2) is 11.5 Å². The maximum absolute atomic E-state index is 13.2. The zero-order chi connectivity index (χ0) is 21.6. The third kappa shape index (κ3) is 5.26. The third-order valence-electron chi connectivity index (χ3n) is 5.68. The third-order valence-corrected chi connectivity index (χ3v) is 5.68. The standard InChI is InChI=1S/C27H29NO3/c1-19-9-10-20(2)23(17-19)27(29)28-24(13-11-21-7-4-3-5-8-21)22-12-14-25-26(18-22)31-16-6-15-30-25/h3-5,7-10,12,14,17-18,24H,6,11,13,15-16H2,1-2H3,(H,28,29). The summed E-state index contributed by atoms with van der Waals surface area (Å²) in [6.07, 6.45) is 2.53. The second kappa shape index (κ2) is 9.69. The number of nitrogens with one attached hydrogen (secondary N) is 1. The molecule has 4 heteroatoms. The predicted octanol–water partition coefficient (Wildman–Crippen LogP) is 5.57. The molecule has 1 atom stereocenters. The number of fused-ring (bicyclic) bond motifs is 1. The highest BCUT2D eigenvalue weighted by Gasteiger charge is 2.20. The Morgan fingerprint density at radius 1 is 0.935 bits per heavy atom. The van der Waals surface area contributed by atoms with Gasteiger partial charge in [-0.3, -0.25) is 4.79 Å². The van der Waals surface area contributed by atoms with Gasteiger partial charge in [-0.25, -0.2) is 0 Å². The molecule has 0 fully saturated rings. The first-order valence-electron chi connectivity index (χ1n) is 10.9. The molecule has 3 aromatic carbocycles. The number of amides is 1. The van der Waals surface area contributed by atoms with Gasteiger partial charge in [-0.05, 0) is 61.6 Å². The van der Waals surface area contributed by atoms with Crippen LogP contribution in [0.5, 0.6) is 11.5 Å². The van der Waals surface area contributed by atoms with Crippen molar-refractivity contribution in [2.75, 3.05) is 13.2 Å². The second-order valence-corrected chi connectivity index (χ2v) is 8.13. The molecule has 0 saturated carbocycles. The minimum atomic E-state index is -0.134. The van der Waals surface area contributed by atoms with Crippen LogP contribution in [0.1, 0.15) is 51.5 Å². The number of carbonyl (C=O) groups excluding carboxylic acids is 1. The first-order chi connectivity index (χ1) is 15.1. The molecule has 1 aliphatic heterocycles. The van der Waals surface area contributed by atoms with Crippen molar-refractivity contribution < 1.29 is 14.3 Å². The summed E-state index contributed by atoms with van der Waals surface area (Å²) >= 11 is 0. The molecule has 4 rings (SSSR count). The van der Waals surface area contributed by atoms with E-state index in [1.54, 1.807) is 0 Å². The molecule has 0 aromatic heterocycles. The maximum atomic E-state index is 13.2. The Morgan fingerprint density at radius 2 is 1.71 bits per heavy atom. The molecule has 0 radical (unpaired) electrons. The van der Waals surface area contributed by atoms with E-state index in [9.17, 15) is 4.79 Å². The van der Waals surface area contributed by atoms with Crippen molar-refractivity contribution >= 4 is 5.91 Å². The lowest BCUT2D eigenvalue weighted by molar-refractivity contribution is 0.0934. The first kappa shape index (κ1) is 21.0. The average Bonchev–Trinajstić information content (AvgIpc) is 3.03. The number of aryl methyl sites for hydroxylation is 3. The van der Waals surface area contributed by atoms with E-state index in [1.807, 2.05) is 68.4 Å². The minimum absolute atomic E-state index is 0.0497. The Kier molecular flexibility index (Phi) is 6.56. The quantitative estimate of drug-likeness (QED) is 0.573. The molecule has 0 saturated heterocycles. The summed E-state index contributed by atoms with van der Waals surface area (Å²) < 4.78 is 11.7. The van der Waals surface area contributed by atoms with Gasteiger partial charge in [-0.15, -0.1) is 0 Å². The second-order valence-electron chi connectivity index (χ2n) is 8.13. The highest BCUT2D eigenvalue weighted by atomic mass is 16.5. The fourth-order valence-electron chi connectivity index (χ4n) is 3.89. The summed E-state index contributed by atoms with van der Waals surface area (Å²) in [5.41, 5.74) is 5.05. The van der Waals surface area contributed by atoms with Crippen molar-refractivity contribution in [3.63, 3.8) is 0 Å². The molecule has 31 heavy (non-hydrogen) atoms. The van der Waals surface area contributed by atoms with Crippen molar-refractivity contribution in [2.24, 2.45) is 0 Å².